The Hall–Kier alpha value is -1.72. The van der Waals surface area contributed by atoms with Crippen molar-refractivity contribution >= 4 is 16.6 Å². The van der Waals surface area contributed by atoms with Gasteiger partial charge in [-0.1, -0.05) is 6.92 Å². The Morgan fingerprint density at radius 1 is 1.32 bits per heavy atom. The second kappa shape index (κ2) is 6.89. The molecule has 2 fully saturated rings. The third kappa shape index (κ3) is 3.62. The molecule has 5 heteroatoms. The summed E-state index contributed by atoms with van der Waals surface area (Å²) in [5.41, 5.74) is 9.49. The number of nitrogens with one attached hydrogen (secondary N) is 1. The zero-order valence-corrected chi connectivity index (χ0v) is 15.3. The maximum Gasteiger partial charge on any atom is 0.0935 e. The summed E-state index contributed by atoms with van der Waals surface area (Å²) >= 11 is 0. The molecule has 0 aromatic carbocycles. The normalized spacial score (nSPS) is 25.3. The van der Waals surface area contributed by atoms with E-state index in [4.69, 9.17) is 5.73 Å². The summed E-state index contributed by atoms with van der Waals surface area (Å²) < 4.78 is 0. The van der Waals surface area contributed by atoms with Gasteiger partial charge in [-0.3, -0.25) is 9.97 Å². The fraction of sp³-hybridized carbons (Fsp3) is 0.600. The lowest BCUT2D eigenvalue weighted by molar-refractivity contribution is 0.340. The minimum absolute atomic E-state index is 0.316. The van der Waals surface area contributed by atoms with Crippen molar-refractivity contribution in [2.45, 2.75) is 45.2 Å². The molecule has 3 heterocycles. The third-order valence-corrected chi connectivity index (χ3v) is 5.68. The van der Waals surface area contributed by atoms with Crippen LogP contribution in [0.1, 0.15) is 31.9 Å². The molecule has 0 amide bonds. The van der Waals surface area contributed by atoms with Crippen molar-refractivity contribution in [3.05, 3.63) is 30.2 Å². The van der Waals surface area contributed by atoms with Crippen LogP contribution in [-0.4, -0.2) is 41.7 Å². The summed E-state index contributed by atoms with van der Waals surface area (Å²) in [6, 6.07) is 4.98. The van der Waals surface area contributed by atoms with E-state index < -0.39 is 0 Å². The topological polar surface area (TPSA) is 67.1 Å². The van der Waals surface area contributed by atoms with Gasteiger partial charge in [-0.05, 0) is 50.2 Å². The Balaban J connectivity index is 1.52. The summed E-state index contributed by atoms with van der Waals surface area (Å²) in [5.74, 6) is 1.40. The van der Waals surface area contributed by atoms with Crippen LogP contribution < -0.4 is 16.0 Å². The van der Waals surface area contributed by atoms with E-state index in [0.29, 0.717) is 18.0 Å². The SMILES string of the molecule is Cc1ncc(N2C[C@@H](C)C[C@@H](NC[C@@H](N)C3CC3)C2)c2cccnc12. The Morgan fingerprint density at radius 2 is 2.16 bits per heavy atom. The molecule has 0 unspecified atom stereocenters. The van der Waals surface area contributed by atoms with Gasteiger partial charge >= 0.3 is 0 Å². The predicted molar refractivity (Wildman–Crippen MR) is 103 cm³/mol. The Bertz CT molecular complexity index is 742. The lowest BCUT2D eigenvalue weighted by Crippen LogP contribution is -2.51. The average molecular weight is 339 g/mol. The third-order valence-electron chi connectivity index (χ3n) is 5.68. The molecule has 2 aromatic rings. The van der Waals surface area contributed by atoms with E-state index in [1.807, 2.05) is 25.4 Å². The van der Waals surface area contributed by atoms with Gasteiger partial charge in [0.1, 0.15) is 0 Å². The molecule has 1 aliphatic heterocycles. The highest BCUT2D eigenvalue weighted by atomic mass is 15.2. The average Bonchev–Trinajstić information content (AvgIpc) is 3.45. The van der Waals surface area contributed by atoms with E-state index in [1.165, 1.54) is 30.3 Å². The van der Waals surface area contributed by atoms with Gasteiger partial charge in [-0.25, -0.2) is 0 Å². The quantitative estimate of drug-likeness (QED) is 0.876. The number of fused-ring (bicyclic) bond motifs is 1. The fourth-order valence-electron chi connectivity index (χ4n) is 4.13. The zero-order chi connectivity index (χ0) is 17.4. The van der Waals surface area contributed by atoms with Gasteiger partial charge < -0.3 is 16.0 Å². The second-order valence-electron chi connectivity index (χ2n) is 7.98. The molecule has 3 N–H and O–H groups in total. The lowest BCUT2D eigenvalue weighted by Gasteiger charge is -2.39. The smallest absolute Gasteiger partial charge is 0.0935 e. The van der Waals surface area contributed by atoms with Crippen molar-refractivity contribution in [3.8, 4) is 0 Å². The van der Waals surface area contributed by atoms with Crippen LogP contribution in [-0.2, 0) is 0 Å². The van der Waals surface area contributed by atoms with Gasteiger partial charge in [-0.15, -0.1) is 0 Å². The Kier molecular flexibility index (Phi) is 4.61. The first-order chi connectivity index (χ1) is 12.1. The number of piperidine rings is 1. The number of nitrogens with zero attached hydrogens (tertiary/aromatic N) is 3. The van der Waals surface area contributed by atoms with E-state index >= 15 is 0 Å². The van der Waals surface area contributed by atoms with Crippen LogP contribution in [0.3, 0.4) is 0 Å². The maximum atomic E-state index is 6.27. The lowest BCUT2D eigenvalue weighted by atomic mass is 9.94. The first kappa shape index (κ1) is 16.7. The van der Waals surface area contributed by atoms with Crippen LogP contribution in [0.25, 0.3) is 10.9 Å². The monoisotopic (exact) mass is 339 g/mol. The Labute approximate surface area is 150 Å². The highest BCUT2D eigenvalue weighted by molar-refractivity contribution is 5.92. The summed E-state index contributed by atoms with van der Waals surface area (Å²) in [6.45, 7) is 7.38. The molecule has 1 saturated carbocycles. The molecule has 4 rings (SSSR count). The van der Waals surface area contributed by atoms with Crippen molar-refractivity contribution in [1.82, 2.24) is 15.3 Å². The van der Waals surface area contributed by atoms with Crippen LogP contribution in [0.4, 0.5) is 5.69 Å². The number of nitrogens with two attached hydrogens (primary N) is 1. The summed E-state index contributed by atoms with van der Waals surface area (Å²) in [5, 5.41) is 4.94. The second-order valence-corrected chi connectivity index (χ2v) is 7.98. The highest BCUT2D eigenvalue weighted by Crippen LogP contribution is 2.32. The molecule has 134 valence electrons. The molecule has 0 spiro atoms. The van der Waals surface area contributed by atoms with Crippen molar-refractivity contribution in [2.24, 2.45) is 17.6 Å². The molecular weight excluding hydrogens is 310 g/mol. The van der Waals surface area contributed by atoms with Gasteiger partial charge in [0.2, 0.25) is 0 Å². The van der Waals surface area contributed by atoms with E-state index in [0.717, 1.165) is 36.8 Å². The predicted octanol–water partition coefficient (Wildman–Crippen LogP) is 2.48. The molecule has 1 saturated heterocycles. The molecule has 2 aliphatic rings. The largest absolute Gasteiger partial charge is 0.368 e. The molecule has 0 bridgehead atoms. The number of anilines is 1. The highest BCUT2D eigenvalue weighted by Gasteiger charge is 2.30. The molecule has 1 aliphatic carbocycles. The Morgan fingerprint density at radius 3 is 2.96 bits per heavy atom. The molecule has 2 aromatic heterocycles. The van der Waals surface area contributed by atoms with Gasteiger partial charge in [0.05, 0.1) is 23.1 Å². The van der Waals surface area contributed by atoms with Crippen molar-refractivity contribution in [2.75, 3.05) is 24.5 Å². The minimum Gasteiger partial charge on any atom is -0.368 e. The zero-order valence-electron chi connectivity index (χ0n) is 15.3. The molecule has 25 heavy (non-hydrogen) atoms. The standard InChI is InChI=1S/C20H29N5/c1-13-8-16(24-9-18(21)15-5-6-15)12-25(11-13)19-10-23-14(2)20-17(19)4-3-7-22-20/h3-4,7,10,13,15-16,18,24H,5-6,8-9,11-12,21H2,1-2H3/t13-,16+,18+/m0/s1. The summed E-state index contributed by atoms with van der Waals surface area (Å²) in [6.07, 6.45) is 7.70. The minimum atomic E-state index is 0.316. The van der Waals surface area contributed by atoms with Gasteiger partial charge in [0.25, 0.3) is 0 Å². The van der Waals surface area contributed by atoms with E-state index in [9.17, 15) is 0 Å². The molecular formula is C20H29N5. The van der Waals surface area contributed by atoms with Crippen LogP contribution in [0.5, 0.6) is 0 Å². The van der Waals surface area contributed by atoms with E-state index in [-0.39, 0.29) is 0 Å². The van der Waals surface area contributed by atoms with Gasteiger partial charge in [-0.2, -0.15) is 0 Å². The number of hydrogen-bond donors (Lipinski definition) is 2. The fourth-order valence-corrected chi connectivity index (χ4v) is 4.13. The van der Waals surface area contributed by atoms with E-state index in [1.54, 1.807) is 0 Å². The number of hydrogen-bond acceptors (Lipinski definition) is 5. The van der Waals surface area contributed by atoms with Crippen molar-refractivity contribution < 1.29 is 0 Å². The van der Waals surface area contributed by atoms with Crippen LogP contribution in [0, 0.1) is 18.8 Å². The van der Waals surface area contributed by atoms with Crippen molar-refractivity contribution in [3.63, 3.8) is 0 Å². The van der Waals surface area contributed by atoms with Gasteiger partial charge in [0, 0.05) is 43.3 Å². The molecule has 0 radical (unpaired) electrons. The van der Waals surface area contributed by atoms with Crippen LogP contribution in [0.15, 0.2) is 24.5 Å². The first-order valence-electron chi connectivity index (χ1n) is 9.56. The van der Waals surface area contributed by atoms with Gasteiger partial charge in [0.15, 0.2) is 0 Å². The summed E-state index contributed by atoms with van der Waals surface area (Å²) in [4.78, 5) is 11.6. The van der Waals surface area contributed by atoms with E-state index in [2.05, 4.69) is 33.2 Å². The summed E-state index contributed by atoms with van der Waals surface area (Å²) in [7, 11) is 0. The number of rotatable bonds is 5. The number of pyridine rings is 2. The van der Waals surface area contributed by atoms with Crippen LogP contribution >= 0.6 is 0 Å². The van der Waals surface area contributed by atoms with Crippen molar-refractivity contribution in [1.29, 1.82) is 0 Å². The first-order valence-corrected chi connectivity index (χ1v) is 9.56. The maximum absolute atomic E-state index is 6.27. The number of aryl methyl sites for hydroxylation is 1. The molecule has 5 nitrogen and oxygen atoms in total. The van der Waals surface area contributed by atoms with Crippen LogP contribution in [0.2, 0.25) is 0 Å². The number of aromatic nitrogens is 2. The molecule has 3 atom stereocenters.